The zero-order valence-electron chi connectivity index (χ0n) is 11.1. The molecule has 1 N–H and O–H groups in total. The highest BCUT2D eigenvalue weighted by Gasteiger charge is 2.31. The van der Waals surface area contributed by atoms with Gasteiger partial charge in [0.15, 0.2) is 0 Å². The number of aliphatic carboxylic acids is 1. The fourth-order valence-corrected chi connectivity index (χ4v) is 2.96. The van der Waals surface area contributed by atoms with E-state index in [1.54, 1.807) is 0 Å². The van der Waals surface area contributed by atoms with Gasteiger partial charge in [-0.05, 0) is 43.5 Å². The molecule has 0 fully saturated rings. The topological polar surface area (TPSA) is 55.1 Å². The third-order valence-corrected chi connectivity index (χ3v) is 4.13. The molecule has 0 aliphatic heterocycles. The molecule has 104 valence electrons. The lowest BCUT2D eigenvalue weighted by Gasteiger charge is -2.18. The first-order valence-corrected chi connectivity index (χ1v) is 7.00. The van der Waals surface area contributed by atoms with Gasteiger partial charge in [0.25, 0.3) is 0 Å². The van der Waals surface area contributed by atoms with Crippen LogP contribution in [-0.4, -0.2) is 20.6 Å². The highest BCUT2D eigenvalue weighted by atomic mass is 35.5. The Morgan fingerprint density at radius 3 is 2.75 bits per heavy atom. The monoisotopic (exact) mass is 290 g/mol. The average molecular weight is 291 g/mol. The number of aromatic nitrogens is 2. The van der Waals surface area contributed by atoms with Gasteiger partial charge in [0, 0.05) is 23.3 Å². The summed E-state index contributed by atoms with van der Waals surface area (Å²) >= 11 is 5.90. The van der Waals surface area contributed by atoms with Crippen molar-refractivity contribution < 1.29 is 9.90 Å². The van der Waals surface area contributed by atoms with E-state index in [0.29, 0.717) is 11.4 Å². The Hall–Kier alpha value is -1.81. The second-order valence-corrected chi connectivity index (χ2v) is 5.55. The highest BCUT2D eigenvalue weighted by molar-refractivity contribution is 6.30. The molecule has 1 aromatic carbocycles. The zero-order chi connectivity index (χ0) is 14.3. The van der Waals surface area contributed by atoms with Crippen molar-refractivity contribution in [3.63, 3.8) is 0 Å². The summed E-state index contributed by atoms with van der Waals surface area (Å²) in [6.07, 6.45) is 2.44. The van der Waals surface area contributed by atoms with Crippen LogP contribution < -0.4 is 0 Å². The predicted molar refractivity (Wildman–Crippen MR) is 77.0 cm³/mol. The maximum Gasteiger partial charge on any atom is 0.312 e. The van der Waals surface area contributed by atoms with Gasteiger partial charge in [0.2, 0.25) is 0 Å². The van der Waals surface area contributed by atoms with E-state index in [0.717, 1.165) is 35.6 Å². The maximum absolute atomic E-state index is 11.4. The molecule has 1 aromatic heterocycles. The molecule has 4 nitrogen and oxygen atoms in total. The van der Waals surface area contributed by atoms with E-state index < -0.39 is 11.9 Å². The molecule has 5 heteroatoms. The molecule has 0 saturated carbocycles. The van der Waals surface area contributed by atoms with Crippen LogP contribution in [0.2, 0.25) is 5.02 Å². The largest absolute Gasteiger partial charge is 0.481 e. The Kier molecular flexibility index (Phi) is 3.26. The summed E-state index contributed by atoms with van der Waals surface area (Å²) in [6.45, 7) is 0. The van der Waals surface area contributed by atoms with E-state index in [4.69, 9.17) is 11.6 Å². The highest BCUT2D eigenvalue weighted by Crippen LogP contribution is 2.34. The van der Waals surface area contributed by atoms with Crippen LogP contribution in [0.4, 0.5) is 0 Å². The number of benzene rings is 1. The molecule has 0 radical (unpaired) electrons. The standard InChI is InChI=1S/C15H15ClN2O2/c1-18-12-4-2-3-11(15(19)20)13(12)17-14(18)9-5-7-10(16)8-6-9/h5-8,11H,2-4H2,1H3,(H,19,20). The van der Waals surface area contributed by atoms with Crippen molar-refractivity contribution in [3.05, 3.63) is 40.7 Å². The second-order valence-electron chi connectivity index (χ2n) is 5.12. The molecule has 1 aliphatic carbocycles. The summed E-state index contributed by atoms with van der Waals surface area (Å²) in [6, 6.07) is 7.45. The van der Waals surface area contributed by atoms with Crippen LogP contribution in [0.15, 0.2) is 24.3 Å². The van der Waals surface area contributed by atoms with Crippen LogP contribution in [0.25, 0.3) is 11.4 Å². The average Bonchev–Trinajstić information content (AvgIpc) is 2.77. The summed E-state index contributed by atoms with van der Waals surface area (Å²) in [5.41, 5.74) is 2.71. The number of carbonyl (C=O) groups is 1. The first-order chi connectivity index (χ1) is 9.58. The van der Waals surface area contributed by atoms with Crippen LogP contribution in [-0.2, 0) is 18.3 Å². The number of halogens is 1. The summed E-state index contributed by atoms with van der Waals surface area (Å²) < 4.78 is 2.01. The third kappa shape index (κ3) is 2.10. The van der Waals surface area contributed by atoms with E-state index in [1.807, 2.05) is 35.9 Å². The van der Waals surface area contributed by atoms with Crippen molar-refractivity contribution in [3.8, 4) is 11.4 Å². The molecule has 1 heterocycles. The lowest BCUT2D eigenvalue weighted by molar-refractivity contribution is -0.139. The van der Waals surface area contributed by atoms with Crippen molar-refractivity contribution in [2.75, 3.05) is 0 Å². The molecule has 0 bridgehead atoms. The van der Waals surface area contributed by atoms with Gasteiger partial charge >= 0.3 is 5.97 Å². The molecule has 0 saturated heterocycles. The van der Waals surface area contributed by atoms with Gasteiger partial charge in [0.05, 0.1) is 5.69 Å². The molecule has 20 heavy (non-hydrogen) atoms. The Bertz CT molecular complexity index is 661. The zero-order valence-corrected chi connectivity index (χ0v) is 11.9. The van der Waals surface area contributed by atoms with E-state index >= 15 is 0 Å². The third-order valence-electron chi connectivity index (χ3n) is 3.88. The first kappa shape index (κ1) is 13.2. The fourth-order valence-electron chi connectivity index (χ4n) is 2.84. The molecule has 3 rings (SSSR count). The molecule has 0 spiro atoms. The molecule has 2 aromatic rings. The number of fused-ring (bicyclic) bond motifs is 1. The minimum atomic E-state index is -0.785. The van der Waals surface area contributed by atoms with Crippen molar-refractivity contribution in [2.45, 2.75) is 25.2 Å². The van der Waals surface area contributed by atoms with Crippen LogP contribution in [0.1, 0.15) is 30.1 Å². The molecule has 0 amide bonds. The fraction of sp³-hybridized carbons (Fsp3) is 0.333. The number of carboxylic acids is 1. The van der Waals surface area contributed by atoms with Crippen molar-refractivity contribution in [1.82, 2.24) is 9.55 Å². The SMILES string of the molecule is Cn1c(-c2ccc(Cl)cc2)nc2c1CCCC2C(=O)O. The van der Waals surface area contributed by atoms with E-state index in [9.17, 15) is 9.90 Å². The van der Waals surface area contributed by atoms with Gasteiger partial charge in [-0.1, -0.05) is 11.6 Å². The number of imidazole rings is 1. The quantitative estimate of drug-likeness (QED) is 0.924. The van der Waals surface area contributed by atoms with Crippen molar-refractivity contribution >= 4 is 17.6 Å². The van der Waals surface area contributed by atoms with Crippen molar-refractivity contribution in [2.24, 2.45) is 7.05 Å². The lowest BCUT2D eigenvalue weighted by Crippen LogP contribution is -2.18. The maximum atomic E-state index is 11.4. The van der Waals surface area contributed by atoms with Gasteiger partial charge in [0.1, 0.15) is 11.7 Å². The van der Waals surface area contributed by atoms with E-state index in [-0.39, 0.29) is 0 Å². The second kappa shape index (κ2) is 4.94. The van der Waals surface area contributed by atoms with Gasteiger partial charge < -0.3 is 9.67 Å². The van der Waals surface area contributed by atoms with Gasteiger partial charge in [-0.2, -0.15) is 0 Å². The molecular weight excluding hydrogens is 276 g/mol. The number of hydrogen-bond acceptors (Lipinski definition) is 2. The lowest BCUT2D eigenvalue weighted by atomic mass is 9.90. The number of hydrogen-bond donors (Lipinski definition) is 1. The van der Waals surface area contributed by atoms with Crippen LogP contribution in [0.5, 0.6) is 0 Å². The Morgan fingerprint density at radius 1 is 1.40 bits per heavy atom. The molecule has 1 unspecified atom stereocenters. The van der Waals surface area contributed by atoms with Gasteiger partial charge in [-0.25, -0.2) is 4.98 Å². The summed E-state index contributed by atoms with van der Waals surface area (Å²) in [7, 11) is 1.94. The molecular formula is C15H15ClN2O2. The first-order valence-electron chi connectivity index (χ1n) is 6.62. The van der Waals surface area contributed by atoms with Crippen LogP contribution in [0, 0.1) is 0 Å². The molecule has 1 aliphatic rings. The number of nitrogens with zero attached hydrogens (tertiary/aromatic N) is 2. The van der Waals surface area contributed by atoms with Gasteiger partial charge in [-0.15, -0.1) is 0 Å². The Labute approximate surface area is 122 Å². The Balaban J connectivity index is 2.10. The molecule has 1 atom stereocenters. The normalized spacial score (nSPS) is 17.8. The van der Waals surface area contributed by atoms with E-state index in [1.165, 1.54) is 0 Å². The predicted octanol–water partition coefficient (Wildman–Crippen LogP) is 3.25. The number of rotatable bonds is 2. The summed E-state index contributed by atoms with van der Waals surface area (Å²) in [5.74, 6) is -0.461. The smallest absolute Gasteiger partial charge is 0.312 e. The van der Waals surface area contributed by atoms with E-state index in [2.05, 4.69) is 4.98 Å². The van der Waals surface area contributed by atoms with Crippen molar-refractivity contribution in [1.29, 1.82) is 0 Å². The summed E-state index contributed by atoms with van der Waals surface area (Å²) in [4.78, 5) is 15.9. The van der Waals surface area contributed by atoms with Crippen LogP contribution >= 0.6 is 11.6 Å². The van der Waals surface area contributed by atoms with Gasteiger partial charge in [-0.3, -0.25) is 4.79 Å². The Morgan fingerprint density at radius 2 is 2.10 bits per heavy atom. The minimum absolute atomic E-state index is 0.481. The summed E-state index contributed by atoms with van der Waals surface area (Å²) in [5, 5.41) is 10.0. The minimum Gasteiger partial charge on any atom is -0.481 e. The number of carboxylic acid groups (broad SMARTS) is 1. The van der Waals surface area contributed by atoms with Crippen LogP contribution in [0.3, 0.4) is 0 Å².